The maximum Gasteiger partial charge on any atom is 0.240 e. The minimum absolute atomic E-state index is 0.0830. The molecular weight excluding hydrogens is 280 g/mol. The van der Waals surface area contributed by atoms with Crippen LogP contribution in [-0.4, -0.2) is 30.9 Å². The van der Waals surface area contributed by atoms with Crippen LogP contribution in [0.25, 0.3) is 0 Å². The zero-order valence-corrected chi connectivity index (χ0v) is 13.1. The first-order valence-electron chi connectivity index (χ1n) is 6.88. The van der Waals surface area contributed by atoms with Gasteiger partial charge in [-0.3, -0.25) is 9.69 Å². The number of likely N-dealkylation sites (N-methyl/N-ethyl adjacent to an activating group) is 1. The standard InChI is InChI=1S/C17H20N2OS/c1-3-11-19(13-16-10-7-12-21-16)14-17(20)18(2)15-8-5-4-6-9-15/h3-10,12H,1,11,13-14H2,2H3. The molecule has 21 heavy (non-hydrogen) atoms. The summed E-state index contributed by atoms with van der Waals surface area (Å²) in [7, 11) is 1.81. The number of benzene rings is 1. The minimum Gasteiger partial charge on any atom is -0.314 e. The molecule has 3 nitrogen and oxygen atoms in total. The summed E-state index contributed by atoms with van der Waals surface area (Å²) in [5, 5.41) is 2.05. The second-order valence-electron chi connectivity index (χ2n) is 4.83. The zero-order valence-electron chi connectivity index (χ0n) is 12.2. The Kier molecular flexibility index (Phi) is 5.72. The fourth-order valence-electron chi connectivity index (χ4n) is 2.08. The van der Waals surface area contributed by atoms with Crippen LogP contribution in [0.5, 0.6) is 0 Å². The summed E-state index contributed by atoms with van der Waals surface area (Å²) in [6, 6.07) is 13.8. The van der Waals surface area contributed by atoms with Crippen LogP contribution in [0, 0.1) is 0 Å². The first-order valence-corrected chi connectivity index (χ1v) is 7.76. The summed E-state index contributed by atoms with van der Waals surface area (Å²) in [5.41, 5.74) is 0.914. The van der Waals surface area contributed by atoms with E-state index >= 15 is 0 Å². The predicted octanol–water partition coefficient (Wildman–Crippen LogP) is 3.40. The van der Waals surface area contributed by atoms with E-state index in [1.807, 2.05) is 49.5 Å². The average molecular weight is 300 g/mol. The molecule has 0 unspecified atom stereocenters. The largest absolute Gasteiger partial charge is 0.314 e. The van der Waals surface area contributed by atoms with Gasteiger partial charge in [-0.1, -0.05) is 30.3 Å². The van der Waals surface area contributed by atoms with E-state index in [1.165, 1.54) is 4.88 Å². The van der Waals surface area contributed by atoms with Crippen molar-refractivity contribution in [1.29, 1.82) is 0 Å². The van der Waals surface area contributed by atoms with Crippen LogP contribution in [0.2, 0.25) is 0 Å². The Morgan fingerprint density at radius 1 is 1.24 bits per heavy atom. The number of rotatable bonds is 7. The number of carbonyl (C=O) groups excluding carboxylic acids is 1. The molecule has 0 N–H and O–H groups in total. The normalized spacial score (nSPS) is 10.6. The topological polar surface area (TPSA) is 23.6 Å². The van der Waals surface area contributed by atoms with Gasteiger partial charge in [0.1, 0.15) is 0 Å². The molecule has 0 aliphatic carbocycles. The zero-order chi connectivity index (χ0) is 15.1. The van der Waals surface area contributed by atoms with E-state index < -0.39 is 0 Å². The number of carbonyl (C=O) groups is 1. The fourth-order valence-corrected chi connectivity index (χ4v) is 2.83. The molecule has 0 bridgehead atoms. The van der Waals surface area contributed by atoms with Crippen molar-refractivity contribution in [3.05, 3.63) is 65.4 Å². The van der Waals surface area contributed by atoms with Crippen LogP contribution in [0.3, 0.4) is 0 Å². The first kappa shape index (κ1) is 15.5. The van der Waals surface area contributed by atoms with Crippen molar-refractivity contribution in [2.75, 3.05) is 25.0 Å². The third-order valence-electron chi connectivity index (χ3n) is 3.22. The van der Waals surface area contributed by atoms with Crippen molar-refractivity contribution >= 4 is 22.9 Å². The third-order valence-corrected chi connectivity index (χ3v) is 4.08. The highest BCUT2D eigenvalue weighted by molar-refractivity contribution is 7.09. The van der Waals surface area contributed by atoms with E-state index in [9.17, 15) is 4.79 Å². The maximum atomic E-state index is 12.4. The number of anilines is 1. The fraction of sp³-hybridized carbons (Fsp3) is 0.235. The number of nitrogens with zero attached hydrogens (tertiary/aromatic N) is 2. The van der Waals surface area contributed by atoms with Crippen LogP contribution < -0.4 is 4.90 Å². The summed E-state index contributed by atoms with van der Waals surface area (Å²) in [6.45, 7) is 5.64. The van der Waals surface area contributed by atoms with Gasteiger partial charge < -0.3 is 4.90 Å². The van der Waals surface area contributed by atoms with E-state index in [2.05, 4.69) is 22.9 Å². The van der Waals surface area contributed by atoms with Crippen LogP contribution in [-0.2, 0) is 11.3 Å². The number of para-hydroxylation sites is 1. The molecule has 2 aromatic rings. The van der Waals surface area contributed by atoms with Gasteiger partial charge >= 0.3 is 0 Å². The quantitative estimate of drug-likeness (QED) is 0.732. The first-order chi connectivity index (χ1) is 10.2. The Bertz CT molecular complexity index is 566. The molecule has 0 fully saturated rings. The Morgan fingerprint density at radius 3 is 2.62 bits per heavy atom. The van der Waals surface area contributed by atoms with Crippen LogP contribution in [0.4, 0.5) is 5.69 Å². The molecule has 0 saturated heterocycles. The van der Waals surface area contributed by atoms with E-state index in [0.29, 0.717) is 13.1 Å². The van der Waals surface area contributed by atoms with Crippen molar-refractivity contribution in [2.45, 2.75) is 6.54 Å². The predicted molar refractivity (Wildman–Crippen MR) is 89.6 cm³/mol. The Hall–Kier alpha value is -1.91. The van der Waals surface area contributed by atoms with Gasteiger partial charge in [0, 0.05) is 30.7 Å². The van der Waals surface area contributed by atoms with E-state index in [1.54, 1.807) is 16.2 Å². The summed E-state index contributed by atoms with van der Waals surface area (Å²) >= 11 is 1.71. The van der Waals surface area contributed by atoms with Gasteiger partial charge in [-0.25, -0.2) is 0 Å². The second kappa shape index (κ2) is 7.76. The van der Waals surface area contributed by atoms with E-state index in [0.717, 1.165) is 12.2 Å². The summed E-state index contributed by atoms with van der Waals surface area (Å²) < 4.78 is 0. The van der Waals surface area contributed by atoms with Crippen molar-refractivity contribution in [3.8, 4) is 0 Å². The smallest absolute Gasteiger partial charge is 0.240 e. The Labute approximate surface area is 130 Å². The second-order valence-corrected chi connectivity index (χ2v) is 5.86. The van der Waals surface area contributed by atoms with Gasteiger partial charge in [-0.2, -0.15) is 0 Å². The van der Waals surface area contributed by atoms with Crippen LogP contribution in [0.15, 0.2) is 60.5 Å². The molecule has 1 aromatic carbocycles. The number of amides is 1. The van der Waals surface area contributed by atoms with Gasteiger partial charge in [-0.15, -0.1) is 17.9 Å². The maximum absolute atomic E-state index is 12.4. The van der Waals surface area contributed by atoms with Crippen LogP contribution in [0.1, 0.15) is 4.88 Å². The third kappa shape index (κ3) is 4.55. The molecule has 0 saturated carbocycles. The molecule has 4 heteroatoms. The summed E-state index contributed by atoms with van der Waals surface area (Å²) in [4.78, 5) is 17.5. The minimum atomic E-state index is 0.0830. The van der Waals surface area contributed by atoms with Gasteiger partial charge in [0.2, 0.25) is 5.91 Å². The van der Waals surface area contributed by atoms with Crippen molar-refractivity contribution < 1.29 is 4.79 Å². The highest BCUT2D eigenvalue weighted by atomic mass is 32.1. The molecule has 0 atom stereocenters. The molecule has 110 valence electrons. The summed E-state index contributed by atoms with van der Waals surface area (Å²) in [5.74, 6) is 0.0830. The van der Waals surface area contributed by atoms with Crippen molar-refractivity contribution in [3.63, 3.8) is 0 Å². The number of thiophene rings is 1. The van der Waals surface area contributed by atoms with Crippen molar-refractivity contribution in [2.24, 2.45) is 0 Å². The lowest BCUT2D eigenvalue weighted by atomic mass is 10.3. The lowest BCUT2D eigenvalue weighted by Gasteiger charge is -2.23. The monoisotopic (exact) mass is 300 g/mol. The highest BCUT2D eigenvalue weighted by Gasteiger charge is 2.15. The van der Waals surface area contributed by atoms with Gasteiger partial charge in [0.25, 0.3) is 0 Å². The molecular formula is C17H20N2OS. The van der Waals surface area contributed by atoms with Crippen LogP contribution >= 0.6 is 11.3 Å². The molecule has 0 radical (unpaired) electrons. The SMILES string of the molecule is C=CCN(CC(=O)N(C)c1ccccc1)Cc1cccs1. The van der Waals surface area contributed by atoms with Gasteiger partial charge in [-0.05, 0) is 23.6 Å². The molecule has 0 aliphatic rings. The van der Waals surface area contributed by atoms with Gasteiger partial charge in [0.05, 0.1) is 6.54 Å². The molecule has 0 aliphatic heterocycles. The van der Waals surface area contributed by atoms with E-state index in [-0.39, 0.29) is 5.91 Å². The molecule has 1 heterocycles. The average Bonchev–Trinajstić information content (AvgIpc) is 3.00. The molecule has 0 spiro atoms. The lowest BCUT2D eigenvalue weighted by molar-refractivity contribution is -0.119. The van der Waals surface area contributed by atoms with E-state index in [4.69, 9.17) is 0 Å². The van der Waals surface area contributed by atoms with Gasteiger partial charge in [0.15, 0.2) is 0 Å². The summed E-state index contributed by atoms with van der Waals surface area (Å²) in [6.07, 6.45) is 1.84. The number of hydrogen-bond donors (Lipinski definition) is 0. The molecule has 1 amide bonds. The molecule has 2 rings (SSSR count). The Balaban J connectivity index is 1.99. The van der Waals surface area contributed by atoms with Crippen molar-refractivity contribution in [1.82, 2.24) is 4.90 Å². The lowest BCUT2D eigenvalue weighted by Crippen LogP contribution is -2.38. The highest BCUT2D eigenvalue weighted by Crippen LogP contribution is 2.14. The molecule has 1 aromatic heterocycles. The Morgan fingerprint density at radius 2 is 2.00 bits per heavy atom. The number of hydrogen-bond acceptors (Lipinski definition) is 3.